The van der Waals surface area contributed by atoms with Crippen molar-refractivity contribution >= 4 is 27.7 Å². The summed E-state index contributed by atoms with van der Waals surface area (Å²) < 4.78 is 6.04. The van der Waals surface area contributed by atoms with E-state index in [1.54, 1.807) is 36.5 Å². The first kappa shape index (κ1) is 15.1. The van der Waals surface area contributed by atoms with Crippen LogP contribution in [-0.4, -0.2) is 23.4 Å². The van der Waals surface area contributed by atoms with E-state index >= 15 is 0 Å². The predicted octanol–water partition coefficient (Wildman–Crippen LogP) is 2.25. The van der Waals surface area contributed by atoms with Crippen molar-refractivity contribution in [2.45, 2.75) is 6.92 Å². The van der Waals surface area contributed by atoms with Crippen LogP contribution in [0.25, 0.3) is 0 Å². The fraction of sp³-hybridized carbons (Fsp3) is 0.143. The largest absolute Gasteiger partial charge is 0.494 e. The second kappa shape index (κ2) is 6.94. The summed E-state index contributed by atoms with van der Waals surface area (Å²) in [5.41, 5.74) is 5.44. The van der Waals surface area contributed by atoms with Crippen LogP contribution in [0.5, 0.6) is 5.75 Å². The number of aromatic amines is 1. The average Bonchev–Trinajstić information content (AvgIpc) is 2.92. The molecule has 7 heteroatoms. The van der Waals surface area contributed by atoms with E-state index in [0.717, 1.165) is 4.47 Å². The number of benzene rings is 1. The molecule has 0 fully saturated rings. The number of ether oxygens (including phenoxy) is 1. The summed E-state index contributed by atoms with van der Waals surface area (Å²) in [4.78, 5) is 26.4. The summed E-state index contributed by atoms with van der Waals surface area (Å²) in [6.07, 6.45) is 1.63. The van der Waals surface area contributed by atoms with E-state index in [2.05, 4.69) is 31.8 Å². The number of aromatic nitrogens is 1. The van der Waals surface area contributed by atoms with Crippen LogP contribution >= 0.6 is 15.9 Å². The monoisotopic (exact) mass is 351 g/mol. The minimum Gasteiger partial charge on any atom is -0.494 e. The quantitative estimate of drug-likeness (QED) is 0.738. The van der Waals surface area contributed by atoms with Crippen molar-refractivity contribution in [3.8, 4) is 5.75 Å². The van der Waals surface area contributed by atoms with Gasteiger partial charge in [0.15, 0.2) is 0 Å². The Morgan fingerprint density at radius 3 is 2.43 bits per heavy atom. The molecular formula is C14H14BrN3O3. The lowest BCUT2D eigenvalue weighted by atomic mass is 10.2. The van der Waals surface area contributed by atoms with Crippen molar-refractivity contribution in [3.05, 3.63) is 52.3 Å². The van der Waals surface area contributed by atoms with Crippen LogP contribution in [0.2, 0.25) is 0 Å². The van der Waals surface area contributed by atoms with Crippen LogP contribution in [0.15, 0.2) is 41.0 Å². The molecule has 0 radical (unpaired) electrons. The maximum atomic E-state index is 11.9. The van der Waals surface area contributed by atoms with E-state index in [0.29, 0.717) is 23.6 Å². The van der Waals surface area contributed by atoms with Gasteiger partial charge >= 0.3 is 0 Å². The highest BCUT2D eigenvalue weighted by atomic mass is 79.9. The van der Waals surface area contributed by atoms with Gasteiger partial charge in [0.25, 0.3) is 11.8 Å². The van der Waals surface area contributed by atoms with Crippen LogP contribution in [0, 0.1) is 0 Å². The summed E-state index contributed by atoms with van der Waals surface area (Å²) >= 11 is 3.23. The molecule has 1 aromatic heterocycles. The molecule has 21 heavy (non-hydrogen) atoms. The van der Waals surface area contributed by atoms with Crippen LogP contribution < -0.4 is 15.6 Å². The minimum absolute atomic E-state index is 0.342. The maximum absolute atomic E-state index is 11.9. The first-order valence-corrected chi connectivity index (χ1v) is 7.07. The molecule has 0 atom stereocenters. The third kappa shape index (κ3) is 4.09. The number of carbonyl (C=O) groups is 2. The molecular weight excluding hydrogens is 338 g/mol. The lowest BCUT2D eigenvalue weighted by molar-refractivity contribution is 0.0844. The van der Waals surface area contributed by atoms with Crippen molar-refractivity contribution in [2.75, 3.05) is 6.61 Å². The molecule has 0 aliphatic carbocycles. The first-order valence-electron chi connectivity index (χ1n) is 6.27. The Balaban J connectivity index is 1.90. The van der Waals surface area contributed by atoms with Crippen LogP contribution in [0.4, 0.5) is 0 Å². The van der Waals surface area contributed by atoms with Crippen molar-refractivity contribution in [1.82, 2.24) is 15.8 Å². The maximum Gasteiger partial charge on any atom is 0.286 e. The van der Waals surface area contributed by atoms with Crippen LogP contribution in [-0.2, 0) is 0 Å². The molecule has 1 heterocycles. The van der Waals surface area contributed by atoms with Gasteiger partial charge in [0, 0.05) is 16.2 Å². The van der Waals surface area contributed by atoms with Gasteiger partial charge in [0.05, 0.1) is 6.61 Å². The van der Waals surface area contributed by atoms with Crippen molar-refractivity contribution in [2.24, 2.45) is 0 Å². The molecule has 0 aliphatic heterocycles. The zero-order chi connectivity index (χ0) is 15.2. The highest BCUT2D eigenvalue weighted by Crippen LogP contribution is 2.12. The Kier molecular flexibility index (Phi) is 4.99. The van der Waals surface area contributed by atoms with Gasteiger partial charge in [0.2, 0.25) is 0 Å². The molecule has 0 unspecified atom stereocenters. The van der Waals surface area contributed by atoms with E-state index in [1.165, 1.54) is 0 Å². The molecule has 6 nitrogen and oxygen atoms in total. The summed E-state index contributed by atoms with van der Waals surface area (Å²) in [6.45, 7) is 2.45. The predicted molar refractivity (Wildman–Crippen MR) is 81.0 cm³/mol. The molecule has 110 valence electrons. The highest BCUT2D eigenvalue weighted by Gasteiger charge is 2.10. The number of H-pyrrole nitrogens is 1. The van der Waals surface area contributed by atoms with Gasteiger partial charge in [-0.05, 0) is 53.2 Å². The van der Waals surface area contributed by atoms with Gasteiger partial charge in [0.1, 0.15) is 11.4 Å². The van der Waals surface area contributed by atoms with E-state index in [-0.39, 0.29) is 0 Å². The topological polar surface area (TPSA) is 83.2 Å². The molecule has 0 saturated heterocycles. The van der Waals surface area contributed by atoms with Gasteiger partial charge in [-0.25, -0.2) is 0 Å². The van der Waals surface area contributed by atoms with Gasteiger partial charge in [-0.2, -0.15) is 0 Å². The molecule has 0 saturated carbocycles. The standard InChI is InChI=1S/C14H14BrN3O3/c1-2-21-11-5-3-9(4-6-11)13(19)17-18-14(20)12-7-10(15)8-16-12/h3-8,16H,2H2,1H3,(H,17,19)(H,18,20). The summed E-state index contributed by atoms with van der Waals surface area (Å²) in [5, 5.41) is 0. The van der Waals surface area contributed by atoms with Crippen molar-refractivity contribution < 1.29 is 14.3 Å². The molecule has 2 amide bonds. The second-order valence-electron chi connectivity index (χ2n) is 4.10. The highest BCUT2D eigenvalue weighted by molar-refractivity contribution is 9.10. The van der Waals surface area contributed by atoms with Crippen LogP contribution in [0.3, 0.4) is 0 Å². The summed E-state index contributed by atoms with van der Waals surface area (Å²) in [6, 6.07) is 8.25. The number of halogens is 1. The molecule has 1 aromatic carbocycles. The van der Waals surface area contributed by atoms with Crippen molar-refractivity contribution in [1.29, 1.82) is 0 Å². The first-order chi connectivity index (χ1) is 10.1. The number of hydrogen-bond donors (Lipinski definition) is 3. The van der Waals surface area contributed by atoms with E-state index in [1.807, 2.05) is 6.92 Å². The lowest BCUT2D eigenvalue weighted by Gasteiger charge is -2.07. The van der Waals surface area contributed by atoms with Crippen LogP contribution in [0.1, 0.15) is 27.8 Å². The van der Waals surface area contributed by atoms with Gasteiger partial charge in [-0.1, -0.05) is 0 Å². The second-order valence-corrected chi connectivity index (χ2v) is 5.01. The SMILES string of the molecule is CCOc1ccc(C(=O)NNC(=O)c2cc(Br)c[nH]2)cc1. The normalized spacial score (nSPS) is 10.0. The summed E-state index contributed by atoms with van der Waals surface area (Å²) in [7, 11) is 0. The van der Waals surface area contributed by atoms with Crippen molar-refractivity contribution in [3.63, 3.8) is 0 Å². The number of hydrazine groups is 1. The molecule has 0 aliphatic rings. The smallest absolute Gasteiger partial charge is 0.286 e. The minimum atomic E-state index is -0.431. The fourth-order valence-corrected chi connectivity index (χ4v) is 1.96. The van der Waals surface area contributed by atoms with E-state index in [4.69, 9.17) is 4.74 Å². The molecule has 0 spiro atoms. The lowest BCUT2D eigenvalue weighted by Crippen LogP contribution is -2.41. The number of nitrogens with one attached hydrogen (secondary N) is 3. The Labute approximate surface area is 130 Å². The average molecular weight is 352 g/mol. The molecule has 2 aromatic rings. The molecule has 0 bridgehead atoms. The van der Waals surface area contributed by atoms with Gasteiger partial charge in [-0.15, -0.1) is 0 Å². The molecule has 2 rings (SSSR count). The molecule has 3 N–H and O–H groups in total. The number of hydrogen-bond acceptors (Lipinski definition) is 3. The van der Waals surface area contributed by atoms with Gasteiger partial charge in [-0.3, -0.25) is 20.4 Å². The zero-order valence-corrected chi connectivity index (χ0v) is 12.9. The third-order valence-electron chi connectivity index (χ3n) is 2.61. The Morgan fingerprint density at radius 1 is 1.19 bits per heavy atom. The Hall–Kier alpha value is -2.28. The third-order valence-corrected chi connectivity index (χ3v) is 3.07. The Bertz CT molecular complexity index is 637. The zero-order valence-electron chi connectivity index (χ0n) is 11.3. The number of rotatable bonds is 4. The summed E-state index contributed by atoms with van der Waals surface area (Å²) in [5.74, 6) is -0.147. The van der Waals surface area contributed by atoms with E-state index < -0.39 is 11.8 Å². The number of carbonyl (C=O) groups excluding carboxylic acids is 2. The fourth-order valence-electron chi connectivity index (χ4n) is 1.62. The number of amides is 2. The Morgan fingerprint density at radius 2 is 1.86 bits per heavy atom. The van der Waals surface area contributed by atoms with E-state index in [9.17, 15) is 9.59 Å². The van der Waals surface area contributed by atoms with Gasteiger partial charge < -0.3 is 9.72 Å².